The number of hydrogen-bond donors (Lipinski definition) is 1. The van der Waals surface area contributed by atoms with Crippen LogP contribution in [0.3, 0.4) is 0 Å². The van der Waals surface area contributed by atoms with Crippen molar-refractivity contribution >= 4 is 28.3 Å². The molecule has 138 valence electrons. The number of ketones is 1. The summed E-state index contributed by atoms with van der Waals surface area (Å²) in [6.45, 7) is 5.49. The van der Waals surface area contributed by atoms with Crippen molar-refractivity contribution in [3.05, 3.63) is 57.8 Å². The monoisotopic (exact) mass is 383 g/mol. The molecule has 1 aliphatic rings. The van der Waals surface area contributed by atoms with Gasteiger partial charge in [0.2, 0.25) is 5.88 Å². The SMILES string of the molecule is CCOc1ccc2nc(Cl)c([C@@H]3C(C#N)=C(N)OC(C)=C3C(C)=O)cc2c1. The van der Waals surface area contributed by atoms with Crippen LogP contribution in [0.15, 0.2) is 47.1 Å². The molecule has 2 heterocycles. The molecule has 2 N–H and O–H groups in total. The molecule has 1 aromatic heterocycles. The van der Waals surface area contributed by atoms with E-state index in [-0.39, 0.29) is 22.4 Å². The first-order valence-electron chi connectivity index (χ1n) is 8.39. The second-order valence-corrected chi connectivity index (χ2v) is 6.46. The van der Waals surface area contributed by atoms with Crippen LogP contribution in [0.4, 0.5) is 0 Å². The number of carbonyl (C=O) groups is 1. The zero-order chi connectivity index (χ0) is 19.7. The normalized spacial score (nSPS) is 16.9. The molecule has 1 aliphatic heterocycles. The number of ether oxygens (including phenoxy) is 2. The van der Waals surface area contributed by atoms with Crippen LogP contribution in [0, 0.1) is 11.3 Å². The van der Waals surface area contributed by atoms with Crippen LogP contribution in [-0.2, 0) is 9.53 Å². The predicted molar refractivity (Wildman–Crippen MR) is 102 cm³/mol. The Labute approximate surface area is 161 Å². The summed E-state index contributed by atoms with van der Waals surface area (Å²) in [4.78, 5) is 16.7. The van der Waals surface area contributed by atoms with Crippen molar-refractivity contribution in [2.45, 2.75) is 26.7 Å². The molecule has 0 amide bonds. The molecule has 0 saturated carbocycles. The van der Waals surface area contributed by atoms with Gasteiger partial charge in [0.15, 0.2) is 5.78 Å². The number of carbonyl (C=O) groups excluding carboxylic acids is 1. The second kappa shape index (κ2) is 7.29. The summed E-state index contributed by atoms with van der Waals surface area (Å²) >= 11 is 6.44. The number of hydrogen-bond acceptors (Lipinski definition) is 6. The molecule has 3 rings (SSSR count). The number of halogens is 1. The summed E-state index contributed by atoms with van der Waals surface area (Å²) < 4.78 is 10.9. The van der Waals surface area contributed by atoms with E-state index in [2.05, 4.69) is 4.98 Å². The second-order valence-electron chi connectivity index (χ2n) is 6.11. The highest BCUT2D eigenvalue weighted by molar-refractivity contribution is 6.30. The van der Waals surface area contributed by atoms with Gasteiger partial charge >= 0.3 is 0 Å². The van der Waals surface area contributed by atoms with E-state index < -0.39 is 5.92 Å². The number of nitrogens with two attached hydrogens (primary N) is 1. The van der Waals surface area contributed by atoms with Gasteiger partial charge in [-0.05, 0) is 45.0 Å². The van der Waals surface area contributed by atoms with Gasteiger partial charge in [0.05, 0.1) is 18.0 Å². The van der Waals surface area contributed by atoms with Crippen LogP contribution in [0.1, 0.15) is 32.3 Å². The molecule has 0 aliphatic carbocycles. The summed E-state index contributed by atoms with van der Waals surface area (Å²) in [5.74, 6) is 0.0481. The number of aromatic nitrogens is 1. The Morgan fingerprint density at radius 2 is 2.19 bits per heavy atom. The fourth-order valence-corrected chi connectivity index (χ4v) is 3.51. The van der Waals surface area contributed by atoms with Crippen LogP contribution >= 0.6 is 11.6 Å². The maximum atomic E-state index is 12.3. The topological polar surface area (TPSA) is 98.2 Å². The molecule has 27 heavy (non-hydrogen) atoms. The molecule has 1 aromatic carbocycles. The number of benzene rings is 1. The zero-order valence-electron chi connectivity index (χ0n) is 15.2. The minimum absolute atomic E-state index is 0.0377. The minimum atomic E-state index is -0.735. The van der Waals surface area contributed by atoms with Crippen molar-refractivity contribution in [1.29, 1.82) is 5.26 Å². The lowest BCUT2D eigenvalue weighted by Crippen LogP contribution is -2.23. The maximum Gasteiger partial charge on any atom is 0.205 e. The highest BCUT2D eigenvalue weighted by Gasteiger charge is 2.35. The summed E-state index contributed by atoms with van der Waals surface area (Å²) in [7, 11) is 0. The third kappa shape index (κ3) is 3.34. The van der Waals surface area contributed by atoms with Crippen molar-refractivity contribution in [3.63, 3.8) is 0 Å². The summed E-state index contributed by atoms with van der Waals surface area (Å²) in [5.41, 5.74) is 7.57. The van der Waals surface area contributed by atoms with E-state index in [4.69, 9.17) is 26.8 Å². The summed E-state index contributed by atoms with van der Waals surface area (Å²) in [6, 6.07) is 9.32. The quantitative estimate of drug-likeness (QED) is 0.802. The van der Waals surface area contributed by atoms with E-state index in [1.165, 1.54) is 6.92 Å². The van der Waals surface area contributed by atoms with E-state index in [0.29, 0.717) is 34.8 Å². The van der Waals surface area contributed by atoms with Crippen molar-refractivity contribution in [1.82, 2.24) is 4.98 Å². The van der Waals surface area contributed by atoms with Gasteiger partial charge in [-0.2, -0.15) is 5.26 Å². The highest BCUT2D eigenvalue weighted by atomic mass is 35.5. The number of nitriles is 1. The largest absolute Gasteiger partial charge is 0.494 e. The van der Waals surface area contributed by atoms with Crippen molar-refractivity contribution in [3.8, 4) is 11.8 Å². The lowest BCUT2D eigenvalue weighted by molar-refractivity contribution is -0.114. The molecular formula is C20H18ClN3O3. The van der Waals surface area contributed by atoms with Crippen molar-refractivity contribution in [2.75, 3.05) is 6.61 Å². The Kier molecular flexibility index (Phi) is 5.06. The fraction of sp³-hybridized carbons (Fsp3) is 0.250. The third-order valence-corrected chi connectivity index (χ3v) is 4.68. The fourth-order valence-electron chi connectivity index (χ4n) is 3.25. The third-order valence-electron chi connectivity index (χ3n) is 4.37. The average molecular weight is 384 g/mol. The standard InChI is InChI=1S/C20H18ClN3O3/c1-4-26-13-5-6-16-12(7-13)8-14(19(21)24-16)18-15(9-22)20(23)27-11(3)17(18)10(2)25/h5-8,18H,4,23H2,1-3H3/t18-/m1/s1. The predicted octanol–water partition coefficient (Wildman–Crippen LogP) is 3.96. The first kappa shape index (κ1) is 18.7. The van der Waals surface area contributed by atoms with E-state index in [9.17, 15) is 10.1 Å². The molecule has 0 bridgehead atoms. The Hall–Kier alpha value is -3.04. The summed E-state index contributed by atoms with van der Waals surface area (Å²) in [5, 5.41) is 10.6. The molecule has 0 spiro atoms. The number of rotatable bonds is 4. The number of Topliss-reactive ketones (excluding diaryl/α,β-unsaturated/α-hetero) is 1. The molecule has 1 atom stereocenters. The van der Waals surface area contributed by atoms with Crippen LogP contribution < -0.4 is 10.5 Å². The first-order chi connectivity index (χ1) is 12.9. The zero-order valence-corrected chi connectivity index (χ0v) is 15.9. The van der Waals surface area contributed by atoms with Crippen LogP contribution in [-0.4, -0.2) is 17.4 Å². The smallest absolute Gasteiger partial charge is 0.205 e. The number of nitrogens with zero attached hydrogens (tertiary/aromatic N) is 2. The van der Waals surface area contributed by atoms with Gasteiger partial charge in [0.25, 0.3) is 0 Å². The molecule has 0 unspecified atom stereocenters. The number of allylic oxidation sites excluding steroid dienone is 3. The Bertz CT molecular complexity index is 1050. The Morgan fingerprint density at radius 1 is 1.44 bits per heavy atom. The molecule has 0 radical (unpaired) electrons. The highest BCUT2D eigenvalue weighted by Crippen LogP contribution is 2.42. The van der Waals surface area contributed by atoms with Crippen LogP contribution in [0.5, 0.6) is 5.75 Å². The Balaban J connectivity index is 2.26. The number of pyridine rings is 1. The van der Waals surface area contributed by atoms with Gasteiger partial charge in [-0.1, -0.05) is 11.6 Å². The van der Waals surface area contributed by atoms with Gasteiger partial charge in [-0.25, -0.2) is 4.98 Å². The minimum Gasteiger partial charge on any atom is -0.494 e. The molecule has 2 aromatic rings. The molecule has 0 fully saturated rings. The molecular weight excluding hydrogens is 366 g/mol. The lowest BCUT2D eigenvalue weighted by Gasteiger charge is -2.27. The molecule has 0 saturated heterocycles. The molecule has 7 heteroatoms. The van der Waals surface area contributed by atoms with Crippen LogP contribution in [0.25, 0.3) is 10.9 Å². The van der Waals surface area contributed by atoms with E-state index in [1.54, 1.807) is 6.92 Å². The van der Waals surface area contributed by atoms with Crippen molar-refractivity contribution in [2.24, 2.45) is 5.73 Å². The van der Waals surface area contributed by atoms with E-state index in [1.807, 2.05) is 37.3 Å². The average Bonchev–Trinajstić information content (AvgIpc) is 2.60. The molecule has 6 nitrogen and oxygen atoms in total. The maximum absolute atomic E-state index is 12.3. The van der Waals surface area contributed by atoms with E-state index in [0.717, 1.165) is 5.39 Å². The number of fused-ring (bicyclic) bond motifs is 1. The van der Waals surface area contributed by atoms with Gasteiger partial charge in [-0.3, -0.25) is 4.79 Å². The van der Waals surface area contributed by atoms with Gasteiger partial charge in [0.1, 0.15) is 28.3 Å². The van der Waals surface area contributed by atoms with Gasteiger partial charge < -0.3 is 15.2 Å². The van der Waals surface area contributed by atoms with E-state index >= 15 is 0 Å². The Morgan fingerprint density at radius 3 is 2.81 bits per heavy atom. The lowest BCUT2D eigenvalue weighted by atomic mass is 9.82. The van der Waals surface area contributed by atoms with Crippen LogP contribution in [0.2, 0.25) is 5.15 Å². The first-order valence-corrected chi connectivity index (χ1v) is 8.77. The summed E-state index contributed by atoms with van der Waals surface area (Å²) in [6.07, 6.45) is 0. The van der Waals surface area contributed by atoms with Crippen molar-refractivity contribution < 1.29 is 14.3 Å². The van der Waals surface area contributed by atoms with Gasteiger partial charge in [-0.15, -0.1) is 0 Å². The van der Waals surface area contributed by atoms with Gasteiger partial charge in [0, 0.05) is 16.5 Å².